The van der Waals surface area contributed by atoms with Gasteiger partial charge in [-0.1, -0.05) is 11.6 Å². The van der Waals surface area contributed by atoms with Gasteiger partial charge in [-0.2, -0.15) is 13.2 Å². The SMILES string of the molecule is COc1ccc(C)cc1C(=O)CCOCC(F)(F)F. The predicted octanol–water partition coefficient (Wildman–Crippen LogP) is 3.16. The highest BCUT2D eigenvalue weighted by molar-refractivity contribution is 5.98. The van der Waals surface area contributed by atoms with E-state index in [1.165, 1.54) is 7.11 Å². The van der Waals surface area contributed by atoms with E-state index in [0.717, 1.165) is 5.56 Å². The molecule has 0 atom stereocenters. The van der Waals surface area contributed by atoms with Crippen LogP contribution in [-0.4, -0.2) is 32.3 Å². The fourth-order valence-corrected chi connectivity index (χ4v) is 1.53. The summed E-state index contributed by atoms with van der Waals surface area (Å²) in [5.74, 6) is 0.106. The van der Waals surface area contributed by atoms with Gasteiger partial charge in [-0.15, -0.1) is 0 Å². The van der Waals surface area contributed by atoms with Crippen molar-refractivity contribution in [3.05, 3.63) is 29.3 Å². The Morgan fingerprint density at radius 1 is 1.32 bits per heavy atom. The van der Waals surface area contributed by atoms with Gasteiger partial charge in [0.25, 0.3) is 0 Å². The summed E-state index contributed by atoms with van der Waals surface area (Å²) in [6, 6.07) is 5.08. The molecule has 0 radical (unpaired) electrons. The van der Waals surface area contributed by atoms with Gasteiger partial charge in [0.15, 0.2) is 5.78 Å². The Morgan fingerprint density at radius 2 is 2.00 bits per heavy atom. The second-order valence-electron chi connectivity index (χ2n) is 4.04. The van der Waals surface area contributed by atoms with Gasteiger partial charge in [-0.05, 0) is 19.1 Å². The summed E-state index contributed by atoms with van der Waals surface area (Å²) >= 11 is 0. The Bertz CT molecular complexity index is 441. The average Bonchev–Trinajstić information content (AvgIpc) is 2.33. The maximum Gasteiger partial charge on any atom is 0.411 e. The number of alkyl halides is 3. The van der Waals surface area contributed by atoms with Crippen molar-refractivity contribution in [2.45, 2.75) is 19.5 Å². The molecule has 1 aromatic rings. The van der Waals surface area contributed by atoms with Gasteiger partial charge in [0.05, 0.1) is 19.3 Å². The van der Waals surface area contributed by atoms with Gasteiger partial charge in [-0.3, -0.25) is 4.79 Å². The molecule has 1 rings (SSSR count). The zero-order chi connectivity index (χ0) is 14.5. The van der Waals surface area contributed by atoms with Crippen LogP contribution in [-0.2, 0) is 4.74 Å². The number of hydrogen-bond acceptors (Lipinski definition) is 3. The van der Waals surface area contributed by atoms with E-state index in [2.05, 4.69) is 4.74 Å². The number of hydrogen-bond donors (Lipinski definition) is 0. The Hall–Kier alpha value is -1.56. The predicted molar refractivity (Wildman–Crippen MR) is 63.6 cm³/mol. The van der Waals surface area contributed by atoms with Gasteiger partial charge >= 0.3 is 6.18 Å². The van der Waals surface area contributed by atoms with Crippen LogP contribution in [0.2, 0.25) is 0 Å². The first-order valence-electron chi connectivity index (χ1n) is 5.66. The quantitative estimate of drug-likeness (QED) is 0.591. The van der Waals surface area contributed by atoms with Crippen LogP contribution in [0.3, 0.4) is 0 Å². The molecular formula is C13H15F3O3. The minimum atomic E-state index is -4.37. The molecule has 0 spiro atoms. The molecule has 0 bridgehead atoms. The highest BCUT2D eigenvalue weighted by atomic mass is 19.4. The molecule has 0 aromatic heterocycles. The van der Waals surface area contributed by atoms with Gasteiger partial charge < -0.3 is 9.47 Å². The minimum Gasteiger partial charge on any atom is -0.496 e. The van der Waals surface area contributed by atoms with Crippen molar-refractivity contribution in [2.24, 2.45) is 0 Å². The van der Waals surface area contributed by atoms with Crippen LogP contribution in [0, 0.1) is 6.92 Å². The number of Topliss-reactive ketones (excluding diaryl/α,β-unsaturated/α-hetero) is 1. The fourth-order valence-electron chi connectivity index (χ4n) is 1.53. The third kappa shape index (κ3) is 5.30. The summed E-state index contributed by atoms with van der Waals surface area (Å²) in [4.78, 5) is 11.9. The largest absolute Gasteiger partial charge is 0.496 e. The average molecular weight is 276 g/mol. The molecule has 0 unspecified atom stereocenters. The molecule has 1 aromatic carbocycles. The van der Waals surface area contributed by atoms with Gasteiger partial charge in [0.2, 0.25) is 0 Å². The van der Waals surface area contributed by atoms with E-state index >= 15 is 0 Å². The van der Waals surface area contributed by atoms with Crippen molar-refractivity contribution in [3.8, 4) is 5.75 Å². The number of ether oxygens (including phenoxy) is 2. The van der Waals surface area contributed by atoms with Gasteiger partial charge in [0.1, 0.15) is 12.4 Å². The molecule has 0 aliphatic heterocycles. The number of carbonyl (C=O) groups excluding carboxylic acids is 1. The highest BCUT2D eigenvalue weighted by Gasteiger charge is 2.27. The van der Waals surface area contributed by atoms with Crippen LogP contribution >= 0.6 is 0 Å². The van der Waals surface area contributed by atoms with E-state index in [4.69, 9.17) is 4.74 Å². The molecule has 6 heteroatoms. The number of ketones is 1. The molecule has 0 fully saturated rings. The second-order valence-corrected chi connectivity index (χ2v) is 4.04. The maximum atomic E-state index is 11.9. The van der Waals surface area contributed by atoms with Crippen LogP contribution in [0.25, 0.3) is 0 Å². The fraction of sp³-hybridized carbons (Fsp3) is 0.462. The highest BCUT2D eigenvalue weighted by Crippen LogP contribution is 2.21. The maximum absolute atomic E-state index is 11.9. The van der Waals surface area contributed by atoms with E-state index < -0.39 is 12.8 Å². The normalized spacial score (nSPS) is 11.4. The second kappa shape index (κ2) is 6.56. The summed E-state index contributed by atoms with van der Waals surface area (Å²) in [5.41, 5.74) is 1.23. The molecule has 0 aliphatic carbocycles. The van der Waals surface area contributed by atoms with E-state index in [-0.39, 0.29) is 18.8 Å². The third-order valence-electron chi connectivity index (χ3n) is 2.39. The number of halogens is 3. The molecular weight excluding hydrogens is 261 g/mol. The molecule has 0 heterocycles. The summed E-state index contributed by atoms with van der Waals surface area (Å²) in [6.07, 6.45) is -4.49. The molecule has 106 valence electrons. The smallest absolute Gasteiger partial charge is 0.411 e. The zero-order valence-corrected chi connectivity index (χ0v) is 10.7. The molecule has 0 saturated carbocycles. The van der Waals surface area contributed by atoms with E-state index in [0.29, 0.717) is 11.3 Å². The van der Waals surface area contributed by atoms with Crippen LogP contribution < -0.4 is 4.74 Å². The van der Waals surface area contributed by atoms with Crippen molar-refractivity contribution >= 4 is 5.78 Å². The lowest BCUT2D eigenvalue weighted by molar-refractivity contribution is -0.173. The number of benzene rings is 1. The molecule has 0 saturated heterocycles. The molecule has 0 amide bonds. The summed E-state index contributed by atoms with van der Waals surface area (Å²) in [5, 5.41) is 0. The zero-order valence-electron chi connectivity index (χ0n) is 10.7. The van der Waals surface area contributed by atoms with Crippen LogP contribution in [0.15, 0.2) is 18.2 Å². The van der Waals surface area contributed by atoms with Crippen molar-refractivity contribution < 1.29 is 27.4 Å². The Morgan fingerprint density at radius 3 is 2.58 bits per heavy atom. The summed E-state index contributed by atoms with van der Waals surface area (Å²) < 4.78 is 45.0. The number of aryl methyl sites for hydroxylation is 1. The van der Waals surface area contributed by atoms with E-state index in [1.807, 2.05) is 6.92 Å². The minimum absolute atomic E-state index is 0.115. The first kappa shape index (κ1) is 15.5. The van der Waals surface area contributed by atoms with Crippen molar-refractivity contribution in [3.63, 3.8) is 0 Å². The van der Waals surface area contributed by atoms with E-state index in [9.17, 15) is 18.0 Å². The molecule has 0 N–H and O–H groups in total. The first-order valence-corrected chi connectivity index (χ1v) is 5.66. The Labute approximate surface area is 109 Å². The molecule has 3 nitrogen and oxygen atoms in total. The summed E-state index contributed by atoms with van der Waals surface area (Å²) in [7, 11) is 1.43. The lowest BCUT2D eigenvalue weighted by Crippen LogP contribution is -2.18. The third-order valence-corrected chi connectivity index (χ3v) is 2.39. The van der Waals surface area contributed by atoms with Crippen LogP contribution in [0.5, 0.6) is 5.75 Å². The Kier molecular flexibility index (Phi) is 5.35. The van der Waals surface area contributed by atoms with Crippen molar-refractivity contribution in [1.82, 2.24) is 0 Å². The lowest BCUT2D eigenvalue weighted by atomic mass is 10.0. The number of carbonyl (C=O) groups is 1. The van der Waals surface area contributed by atoms with Gasteiger partial charge in [0, 0.05) is 6.42 Å². The van der Waals surface area contributed by atoms with Crippen LogP contribution in [0.4, 0.5) is 13.2 Å². The molecule has 0 aliphatic rings. The Balaban J connectivity index is 2.56. The standard InChI is InChI=1S/C13H15F3O3/c1-9-3-4-12(18-2)10(7-9)11(17)5-6-19-8-13(14,15)16/h3-4,7H,5-6,8H2,1-2H3. The molecule has 19 heavy (non-hydrogen) atoms. The topological polar surface area (TPSA) is 35.5 Å². The van der Waals surface area contributed by atoms with Crippen molar-refractivity contribution in [1.29, 1.82) is 0 Å². The van der Waals surface area contributed by atoms with Gasteiger partial charge in [-0.25, -0.2) is 0 Å². The lowest BCUT2D eigenvalue weighted by Gasteiger charge is -2.10. The van der Waals surface area contributed by atoms with E-state index in [1.54, 1.807) is 18.2 Å². The van der Waals surface area contributed by atoms with Crippen molar-refractivity contribution in [2.75, 3.05) is 20.3 Å². The summed E-state index contributed by atoms with van der Waals surface area (Å²) in [6.45, 7) is 0.205. The monoisotopic (exact) mass is 276 g/mol. The number of rotatable bonds is 6. The first-order chi connectivity index (χ1) is 8.83. The van der Waals surface area contributed by atoms with Crippen LogP contribution in [0.1, 0.15) is 22.3 Å². The number of methoxy groups -OCH3 is 1.